The summed E-state index contributed by atoms with van der Waals surface area (Å²) >= 11 is 0. The SMILES string of the molecule is CCNCc1ccc(S(=O)(=O)N2CCC(C)(C)C2)o1. The molecule has 1 aromatic heterocycles. The maximum absolute atomic E-state index is 12.4. The highest BCUT2D eigenvalue weighted by Gasteiger charge is 2.38. The van der Waals surface area contributed by atoms with Crippen molar-refractivity contribution >= 4 is 10.0 Å². The molecule has 2 heterocycles. The summed E-state index contributed by atoms with van der Waals surface area (Å²) in [5, 5.41) is 3.16. The van der Waals surface area contributed by atoms with Gasteiger partial charge in [0.1, 0.15) is 5.76 Å². The molecule has 0 spiro atoms. The summed E-state index contributed by atoms with van der Waals surface area (Å²) in [7, 11) is -3.48. The first-order chi connectivity index (χ1) is 8.85. The van der Waals surface area contributed by atoms with Crippen molar-refractivity contribution in [2.24, 2.45) is 5.41 Å². The van der Waals surface area contributed by atoms with E-state index in [2.05, 4.69) is 19.2 Å². The molecule has 0 saturated carbocycles. The molecule has 0 atom stereocenters. The Kier molecular flexibility index (Phi) is 4.03. The van der Waals surface area contributed by atoms with Crippen LogP contribution in [0.2, 0.25) is 0 Å². The Morgan fingerprint density at radius 1 is 1.42 bits per heavy atom. The molecule has 1 fully saturated rings. The van der Waals surface area contributed by atoms with E-state index in [9.17, 15) is 8.42 Å². The zero-order chi connectivity index (χ0) is 14.1. The van der Waals surface area contributed by atoms with Crippen LogP contribution in [0.1, 0.15) is 33.0 Å². The fraction of sp³-hybridized carbons (Fsp3) is 0.692. The molecule has 108 valence electrons. The highest BCUT2D eigenvalue weighted by Crippen LogP contribution is 2.33. The van der Waals surface area contributed by atoms with E-state index in [4.69, 9.17) is 4.42 Å². The first-order valence-electron chi connectivity index (χ1n) is 6.65. The Morgan fingerprint density at radius 2 is 2.16 bits per heavy atom. The Labute approximate surface area is 115 Å². The van der Waals surface area contributed by atoms with Crippen molar-refractivity contribution in [1.29, 1.82) is 0 Å². The van der Waals surface area contributed by atoms with Crippen LogP contribution in [0.3, 0.4) is 0 Å². The predicted molar refractivity (Wildman–Crippen MR) is 73.2 cm³/mol. The summed E-state index contributed by atoms with van der Waals surface area (Å²) in [5.41, 5.74) is 0.0479. The number of rotatable bonds is 5. The Hall–Kier alpha value is -0.850. The lowest BCUT2D eigenvalue weighted by Crippen LogP contribution is -2.30. The van der Waals surface area contributed by atoms with Gasteiger partial charge in [-0.3, -0.25) is 0 Å². The van der Waals surface area contributed by atoms with Crippen LogP contribution in [0.15, 0.2) is 21.6 Å². The third-order valence-corrected chi connectivity index (χ3v) is 5.14. The maximum atomic E-state index is 12.4. The van der Waals surface area contributed by atoms with E-state index < -0.39 is 10.0 Å². The minimum Gasteiger partial charge on any atom is -0.447 e. The number of furan rings is 1. The van der Waals surface area contributed by atoms with Crippen LogP contribution in [0.25, 0.3) is 0 Å². The molecular formula is C13H22N2O3S. The molecule has 6 heteroatoms. The second kappa shape index (κ2) is 5.26. The first-order valence-corrected chi connectivity index (χ1v) is 8.09. The van der Waals surface area contributed by atoms with E-state index in [1.807, 2.05) is 6.92 Å². The molecule has 0 unspecified atom stereocenters. The quantitative estimate of drug-likeness (QED) is 0.896. The van der Waals surface area contributed by atoms with Crippen LogP contribution in [0.5, 0.6) is 0 Å². The smallest absolute Gasteiger partial charge is 0.276 e. The minimum atomic E-state index is -3.48. The zero-order valence-corrected chi connectivity index (χ0v) is 12.6. The molecule has 1 saturated heterocycles. The van der Waals surface area contributed by atoms with Crippen LogP contribution >= 0.6 is 0 Å². The van der Waals surface area contributed by atoms with Gasteiger partial charge in [-0.05, 0) is 30.5 Å². The fourth-order valence-corrected chi connectivity index (χ4v) is 3.79. The van der Waals surface area contributed by atoms with Crippen molar-refractivity contribution in [3.63, 3.8) is 0 Å². The van der Waals surface area contributed by atoms with Crippen molar-refractivity contribution in [3.05, 3.63) is 17.9 Å². The van der Waals surface area contributed by atoms with E-state index in [0.717, 1.165) is 13.0 Å². The number of sulfonamides is 1. The number of hydrogen-bond donors (Lipinski definition) is 1. The Balaban J connectivity index is 2.14. The number of nitrogens with zero attached hydrogens (tertiary/aromatic N) is 1. The summed E-state index contributed by atoms with van der Waals surface area (Å²) in [6, 6.07) is 3.27. The molecule has 0 aliphatic carbocycles. The lowest BCUT2D eigenvalue weighted by Gasteiger charge is -2.18. The summed E-state index contributed by atoms with van der Waals surface area (Å²) in [5.74, 6) is 0.652. The van der Waals surface area contributed by atoms with Gasteiger partial charge in [-0.2, -0.15) is 4.31 Å². The summed E-state index contributed by atoms with van der Waals surface area (Å²) < 4.78 is 31.8. The standard InChI is InChI=1S/C13H22N2O3S/c1-4-14-9-11-5-6-12(18-11)19(16,17)15-8-7-13(2,3)10-15/h5-6,14H,4,7-10H2,1-3H3. The van der Waals surface area contributed by atoms with E-state index in [1.165, 1.54) is 4.31 Å². The van der Waals surface area contributed by atoms with Crippen molar-refractivity contribution in [2.75, 3.05) is 19.6 Å². The first kappa shape index (κ1) is 14.6. The largest absolute Gasteiger partial charge is 0.447 e. The van der Waals surface area contributed by atoms with Gasteiger partial charge < -0.3 is 9.73 Å². The fourth-order valence-electron chi connectivity index (χ4n) is 2.24. The van der Waals surface area contributed by atoms with E-state index in [1.54, 1.807) is 12.1 Å². The van der Waals surface area contributed by atoms with Crippen molar-refractivity contribution in [2.45, 2.75) is 38.8 Å². The van der Waals surface area contributed by atoms with Crippen molar-refractivity contribution < 1.29 is 12.8 Å². The van der Waals surface area contributed by atoms with Gasteiger partial charge in [-0.25, -0.2) is 8.42 Å². The Morgan fingerprint density at radius 3 is 2.74 bits per heavy atom. The van der Waals surface area contributed by atoms with Crippen LogP contribution in [0, 0.1) is 5.41 Å². The second-order valence-corrected chi connectivity index (χ2v) is 7.62. The topological polar surface area (TPSA) is 62.6 Å². The van der Waals surface area contributed by atoms with Crippen LogP contribution in [-0.2, 0) is 16.6 Å². The third-order valence-electron chi connectivity index (χ3n) is 3.42. The maximum Gasteiger partial charge on any atom is 0.276 e. The van der Waals surface area contributed by atoms with Gasteiger partial charge in [-0.1, -0.05) is 20.8 Å². The van der Waals surface area contributed by atoms with Crippen LogP contribution in [0.4, 0.5) is 0 Å². The van der Waals surface area contributed by atoms with E-state index in [0.29, 0.717) is 25.4 Å². The number of nitrogens with one attached hydrogen (secondary N) is 1. The van der Waals surface area contributed by atoms with Gasteiger partial charge in [-0.15, -0.1) is 0 Å². The molecule has 0 radical (unpaired) electrons. The molecule has 1 aromatic rings. The molecule has 0 bridgehead atoms. The van der Waals surface area contributed by atoms with Gasteiger partial charge in [0.25, 0.3) is 10.0 Å². The molecule has 1 aliphatic heterocycles. The normalized spacial score (nSPS) is 19.9. The van der Waals surface area contributed by atoms with Gasteiger partial charge >= 0.3 is 0 Å². The molecule has 19 heavy (non-hydrogen) atoms. The summed E-state index contributed by atoms with van der Waals surface area (Å²) in [6.07, 6.45) is 0.886. The minimum absolute atomic E-state index is 0.0479. The van der Waals surface area contributed by atoms with Crippen LogP contribution in [-0.4, -0.2) is 32.4 Å². The summed E-state index contributed by atoms with van der Waals surface area (Å²) in [4.78, 5) is 0. The predicted octanol–water partition coefficient (Wildman–Crippen LogP) is 1.81. The monoisotopic (exact) mass is 286 g/mol. The van der Waals surface area contributed by atoms with Gasteiger partial charge in [0.05, 0.1) is 6.54 Å². The highest BCUT2D eigenvalue weighted by molar-refractivity contribution is 7.89. The van der Waals surface area contributed by atoms with Gasteiger partial charge in [0, 0.05) is 13.1 Å². The molecule has 0 amide bonds. The zero-order valence-electron chi connectivity index (χ0n) is 11.8. The second-order valence-electron chi connectivity index (χ2n) is 5.75. The Bertz CT molecular complexity index is 534. The average molecular weight is 286 g/mol. The van der Waals surface area contributed by atoms with E-state index >= 15 is 0 Å². The molecule has 5 nitrogen and oxygen atoms in total. The summed E-state index contributed by atoms with van der Waals surface area (Å²) in [6.45, 7) is 8.66. The molecule has 0 aromatic carbocycles. The van der Waals surface area contributed by atoms with Gasteiger partial charge in [0.15, 0.2) is 0 Å². The lowest BCUT2D eigenvalue weighted by atomic mass is 9.93. The number of hydrogen-bond acceptors (Lipinski definition) is 4. The molecule has 1 aliphatic rings. The molecular weight excluding hydrogens is 264 g/mol. The average Bonchev–Trinajstić information content (AvgIpc) is 2.93. The van der Waals surface area contributed by atoms with E-state index in [-0.39, 0.29) is 10.5 Å². The van der Waals surface area contributed by atoms with Crippen molar-refractivity contribution in [1.82, 2.24) is 9.62 Å². The lowest BCUT2D eigenvalue weighted by molar-refractivity contribution is 0.356. The van der Waals surface area contributed by atoms with Crippen LogP contribution < -0.4 is 5.32 Å². The molecule has 1 N–H and O–H groups in total. The molecule has 2 rings (SSSR count). The van der Waals surface area contributed by atoms with Crippen molar-refractivity contribution in [3.8, 4) is 0 Å². The van der Waals surface area contributed by atoms with Gasteiger partial charge in [0.2, 0.25) is 5.09 Å². The third kappa shape index (κ3) is 3.19. The highest BCUT2D eigenvalue weighted by atomic mass is 32.2.